The second kappa shape index (κ2) is 6.88. The molecule has 0 bridgehead atoms. The van der Waals surface area contributed by atoms with Crippen LogP contribution in [0.2, 0.25) is 0 Å². The van der Waals surface area contributed by atoms with Crippen LogP contribution < -0.4 is 0 Å². The highest BCUT2D eigenvalue weighted by molar-refractivity contribution is 5.28. The molecule has 0 radical (unpaired) electrons. The van der Waals surface area contributed by atoms with Gasteiger partial charge in [0.2, 0.25) is 0 Å². The second-order valence-corrected chi connectivity index (χ2v) is 5.99. The summed E-state index contributed by atoms with van der Waals surface area (Å²) in [6.07, 6.45) is 8.35. The highest BCUT2D eigenvalue weighted by Gasteiger charge is 2.11. The van der Waals surface area contributed by atoms with Gasteiger partial charge in [0, 0.05) is 23.6 Å². The molecule has 1 atom stereocenters. The lowest BCUT2D eigenvalue weighted by atomic mass is 10.0. The number of rotatable bonds is 6. The van der Waals surface area contributed by atoms with Crippen LogP contribution in [-0.4, -0.2) is 14.8 Å². The van der Waals surface area contributed by atoms with E-state index in [1.54, 1.807) is 0 Å². The standard InChI is InChI=1S/C18H27N3/c1-6-17-10-11-19-18(15(17)4)9-7-8-14(3)21-16(5)13(2)12-20-21/h10-12,14H,6-9H2,1-5H3. The fraction of sp³-hybridized carbons (Fsp3) is 0.556. The lowest BCUT2D eigenvalue weighted by Gasteiger charge is -2.15. The van der Waals surface area contributed by atoms with Gasteiger partial charge in [-0.05, 0) is 76.1 Å². The Morgan fingerprint density at radius 1 is 1.24 bits per heavy atom. The molecule has 0 saturated heterocycles. The Morgan fingerprint density at radius 3 is 2.62 bits per heavy atom. The van der Waals surface area contributed by atoms with Crippen LogP contribution in [0.25, 0.3) is 0 Å². The minimum atomic E-state index is 0.452. The van der Waals surface area contributed by atoms with Crippen LogP contribution in [0.3, 0.4) is 0 Å². The van der Waals surface area contributed by atoms with E-state index in [0.717, 1.165) is 25.7 Å². The summed E-state index contributed by atoms with van der Waals surface area (Å²) in [5.41, 5.74) is 6.61. The largest absolute Gasteiger partial charge is 0.267 e. The van der Waals surface area contributed by atoms with E-state index in [9.17, 15) is 0 Å². The third-order valence-electron chi connectivity index (χ3n) is 4.54. The van der Waals surface area contributed by atoms with Crippen molar-refractivity contribution in [1.82, 2.24) is 14.8 Å². The first-order chi connectivity index (χ1) is 10.0. The predicted molar refractivity (Wildman–Crippen MR) is 87.7 cm³/mol. The molecular weight excluding hydrogens is 258 g/mol. The molecule has 2 rings (SSSR count). The van der Waals surface area contributed by atoms with Crippen molar-refractivity contribution in [3.8, 4) is 0 Å². The Labute approximate surface area is 128 Å². The van der Waals surface area contributed by atoms with E-state index in [0.29, 0.717) is 6.04 Å². The van der Waals surface area contributed by atoms with Crippen LogP contribution in [0.5, 0.6) is 0 Å². The Balaban J connectivity index is 1.94. The molecule has 0 fully saturated rings. The van der Waals surface area contributed by atoms with Crippen molar-refractivity contribution in [3.63, 3.8) is 0 Å². The Hall–Kier alpha value is -1.64. The zero-order valence-electron chi connectivity index (χ0n) is 14.0. The number of hydrogen-bond acceptors (Lipinski definition) is 2. The average molecular weight is 285 g/mol. The number of pyridine rings is 1. The quantitative estimate of drug-likeness (QED) is 0.790. The van der Waals surface area contributed by atoms with Crippen molar-refractivity contribution < 1.29 is 0 Å². The maximum absolute atomic E-state index is 4.56. The molecule has 21 heavy (non-hydrogen) atoms. The fourth-order valence-corrected chi connectivity index (χ4v) is 2.90. The van der Waals surface area contributed by atoms with Crippen molar-refractivity contribution in [3.05, 3.63) is 46.5 Å². The Morgan fingerprint density at radius 2 is 2.00 bits per heavy atom. The molecule has 0 aliphatic carbocycles. The summed E-state index contributed by atoms with van der Waals surface area (Å²) in [7, 11) is 0. The maximum Gasteiger partial charge on any atom is 0.0521 e. The zero-order chi connectivity index (χ0) is 15.4. The molecule has 0 aliphatic rings. The average Bonchev–Trinajstić information content (AvgIpc) is 2.81. The number of aromatic nitrogens is 3. The fourth-order valence-electron chi connectivity index (χ4n) is 2.90. The van der Waals surface area contributed by atoms with Crippen LogP contribution in [0.4, 0.5) is 0 Å². The van der Waals surface area contributed by atoms with Gasteiger partial charge in [-0.2, -0.15) is 5.10 Å². The minimum absolute atomic E-state index is 0.452. The Kier molecular flexibility index (Phi) is 5.16. The number of nitrogens with zero attached hydrogens (tertiary/aromatic N) is 3. The van der Waals surface area contributed by atoms with Gasteiger partial charge in [-0.15, -0.1) is 0 Å². The molecule has 3 nitrogen and oxygen atoms in total. The molecule has 0 spiro atoms. The van der Waals surface area contributed by atoms with Gasteiger partial charge in [0.15, 0.2) is 0 Å². The Bertz CT molecular complexity index is 599. The summed E-state index contributed by atoms with van der Waals surface area (Å²) in [5, 5.41) is 4.49. The van der Waals surface area contributed by atoms with Crippen LogP contribution in [0, 0.1) is 20.8 Å². The van der Waals surface area contributed by atoms with E-state index in [4.69, 9.17) is 0 Å². The van der Waals surface area contributed by atoms with Gasteiger partial charge in [-0.25, -0.2) is 0 Å². The first-order valence-electron chi connectivity index (χ1n) is 7.98. The summed E-state index contributed by atoms with van der Waals surface area (Å²) in [6, 6.07) is 2.59. The highest BCUT2D eigenvalue weighted by Crippen LogP contribution is 2.19. The first kappa shape index (κ1) is 15.7. The minimum Gasteiger partial charge on any atom is -0.267 e. The lowest BCUT2D eigenvalue weighted by molar-refractivity contribution is 0.436. The van der Waals surface area contributed by atoms with Crippen LogP contribution in [0.15, 0.2) is 18.5 Å². The third-order valence-corrected chi connectivity index (χ3v) is 4.54. The normalized spacial score (nSPS) is 12.6. The summed E-state index contributed by atoms with van der Waals surface area (Å²) in [4.78, 5) is 4.56. The van der Waals surface area contributed by atoms with Crippen LogP contribution in [-0.2, 0) is 12.8 Å². The number of aryl methyl sites for hydroxylation is 3. The van der Waals surface area contributed by atoms with Gasteiger partial charge in [0.25, 0.3) is 0 Å². The second-order valence-electron chi connectivity index (χ2n) is 5.99. The lowest BCUT2D eigenvalue weighted by Crippen LogP contribution is -2.09. The molecule has 2 aromatic rings. The van der Waals surface area contributed by atoms with E-state index in [2.05, 4.69) is 55.4 Å². The molecule has 0 aromatic carbocycles. The summed E-state index contributed by atoms with van der Waals surface area (Å²) >= 11 is 0. The van der Waals surface area contributed by atoms with E-state index in [1.807, 2.05) is 12.4 Å². The van der Waals surface area contributed by atoms with E-state index in [1.165, 1.54) is 28.1 Å². The van der Waals surface area contributed by atoms with Crippen molar-refractivity contribution in [2.45, 2.75) is 66.3 Å². The topological polar surface area (TPSA) is 30.7 Å². The van der Waals surface area contributed by atoms with Crippen molar-refractivity contribution in [1.29, 1.82) is 0 Å². The van der Waals surface area contributed by atoms with Gasteiger partial charge in [0.1, 0.15) is 0 Å². The monoisotopic (exact) mass is 285 g/mol. The van der Waals surface area contributed by atoms with E-state index < -0.39 is 0 Å². The summed E-state index contributed by atoms with van der Waals surface area (Å²) in [5.74, 6) is 0. The summed E-state index contributed by atoms with van der Waals surface area (Å²) in [6.45, 7) is 10.9. The molecule has 2 heterocycles. The molecule has 1 unspecified atom stereocenters. The smallest absolute Gasteiger partial charge is 0.0521 e. The molecular formula is C18H27N3. The van der Waals surface area contributed by atoms with Gasteiger partial charge in [-0.1, -0.05) is 6.92 Å². The molecule has 0 aliphatic heterocycles. The molecule has 2 aromatic heterocycles. The zero-order valence-corrected chi connectivity index (χ0v) is 14.0. The van der Waals surface area contributed by atoms with Crippen molar-refractivity contribution in [2.24, 2.45) is 0 Å². The van der Waals surface area contributed by atoms with Crippen molar-refractivity contribution in [2.75, 3.05) is 0 Å². The molecule has 3 heteroatoms. The summed E-state index contributed by atoms with van der Waals surface area (Å²) < 4.78 is 2.15. The predicted octanol–water partition coefficient (Wildman–Crippen LogP) is 4.35. The molecule has 0 N–H and O–H groups in total. The van der Waals surface area contributed by atoms with Gasteiger partial charge in [-0.3, -0.25) is 9.67 Å². The van der Waals surface area contributed by atoms with E-state index >= 15 is 0 Å². The van der Waals surface area contributed by atoms with E-state index in [-0.39, 0.29) is 0 Å². The van der Waals surface area contributed by atoms with Gasteiger partial charge < -0.3 is 0 Å². The maximum atomic E-state index is 4.56. The first-order valence-corrected chi connectivity index (χ1v) is 7.98. The molecule has 0 saturated carbocycles. The third kappa shape index (κ3) is 3.52. The van der Waals surface area contributed by atoms with Crippen LogP contribution >= 0.6 is 0 Å². The molecule has 0 amide bonds. The highest BCUT2D eigenvalue weighted by atomic mass is 15.3. The molecule has 114 valence electrons. The van der Waals surface area contributed by atoms with Crippen LogP contribution in [0.1, 0.15) is 60.8 Å². The number of hydrogen-bond donors (Lipinski definition) is 0. The van der Waals surface area contributed by atoms with Gasteiger partial charge in [0.05, 0.1) is 6.20 Å². The van der Waals surface area contributed by atoms with Gasteiger partial charge >= 0.3 is 0 Å². The SMILES string of the molecule is CCc1ccnc(CCCC(C)n2ncc(C)c2C)c1C. The van der Waals surface area contributed by atoms with Crippen molar-refractivity contribution >= 4 is 0 Å².